The van der Waals surface area contributed by atoms with E-state index in [0.717, 1.165) is 29.9 Å². The van der Waals surface area contributed by atoms with E-state index in [-0.39, 0.29) is 6.04 Å². The van der Waals surface area contributed by atoms with Crippen molar-refractivity contribution in [2.45, 2.75) is 12.5 Å². The Morgan fingerprint density at radius 1 is 1.00 bits per heavy atom. The van der Waals surface area contributed by atoms with Crippen LogP contribution in [0.25, 0.3) is 0 Å². The summed E-state index contributed by atoms with van der Waals surface area (Å²) >= 11 is 12.0. The highest BCUT2D eigenvalue weighted by atomic mass is 35.5. The maximum absolute atomic E-state index is 6.29. The third kappa shape index (κ3) is 2.57. The van der Waals surface area contributed by atoms with Crippen molar-refractivity contribution in [2.75, 3.05) is 6.61 Å². The first-order valence-corrected chi connectivity index (χ1v) is 6.86. The van der Waals surface area contributed by atoms with Crippen LogP contribution < -0.4 is 10.5 Å². The number of rotatable bonds is 2. The Morgan fingerprint density at radius 3 is 2.47 bits per heavy atom. The SMILES string of the molecule is NC(c1cc(Cl)cc(Cl)c1)c1ccc2c(c1)CCO2. The molecule has 1 heterocycles. The van der Waals surface area contributed by atoms with E-state index in [9.17, 15) is 0 Å². The van der Waals surface area contributed by atoms with Gasteiger partial charge in [0.1, 0.15) is 5.75 Å². The fraction of sp³-hybridized carbons (Fsp3) is 0.200. The molecular weight excluding hydrogens is 281 g/mol. The Balaban J connectivity index is 1.97. The number of benzene rings is 2. The minimum Gasteiger partial charge on any atom is -0.493 e. The molecule has 0 saturated heterocycles. The van der Waals surface area contributed by atoms with Crippen molar-refractivity contribution in [3.05, 3.63) is 63.1 Å². The summed E-state index contributed by atoms with van der Waals surface area (Å²) in [5.41, 5.74) is 9.46. The van der Waals surface area contributed by atoms with E-state index < -0.39 is 0 Å². The molecule has 0 aromatic heterocycles. The summed E-state index contributed by atoms with van der Waals surface area (Å²) in [5, 5.41) is 1.20. The van der Waals surface area contributed by atoms with Crippen molar-refractivity contribution < 1.29 is 4.74 Å². The molecule has 2 nitrogen and oxygen atoms in total. The Bertz CT molecular complexity index is 607. The molecule has 0 radical (unpaired) electrons. The molecule has 19 heavy (non-hydrogen) atoms. The van der Waals surface area contributed by atoms with E-state index in [0.29, 0.717) is 10.0 Å². The van der Waals surface area contributed by atoms with E-state index in [1.807, 2.05) is 24.3 Å². The third-order valence-electron chi connectivity index (χ3n) is 3.32. The second-order valence-corrected chi connectivity index (χ2v) is 5.52. The van der Waals surface area contributed by atoms with Crippen LogP contribution in [0.4, 0.5) is 0 Å². The molecule has 0 amide bonds. The monoisotopic (exact) mass is 293 g/mol. The van der Waals surface area contributed by atoms with E-state index in [1.54, 1.807) is 6.07 Å². The summed E-state index contributed by atoms with van der Waals surface area (Å²) in [7, 11) is 0. The van der Waals surface area contributed by atoms with Crippen molar-refractivity contribution in [3.8, 4) is 5.75 Å². The first-order valence-electron chi connectivity index (χ1n) is 6.11. The van der Waals surface area contributed by atoms with E-state index >= 15 is 0 Å². The van der Waals surface area contributed by atoms with Crippen molar-refractivity contribution in [1.29, 1.82) is 0 Å². The average molecular weight is 294 g/mol. The van der Waals surface area contributed by atoms with Gasteiger partial charge in [-0.25, -0.2) is 0 Å². The molecule has 0 fully saturated rings. The van der Waals surface area contributed by atoms with E-state index in [1.165, 1.54) is 5.56 Å². The van der Waals surface area contributed by atoms with Gasteiger partial charge in [-0.15, -0.1) is 0 Å². The van der Waals surface area contributed by atoms with E-state index in [4.69, 9.17) is 33.7 Å². The molecule has 0 spiro atoms. The number of fused-ring (bicyclic) bond motifs is 1. The van der Waals surface area contributed by atoms with Gasteiger partial charge < -0.3 is 10.5 Å². The van der Waals surface area contributed by atoms with Gasteiger partial charge in [-0.05, 0) is 41.0 Å². The molecule has 4 heteroatoms. The molecule has 98 valence electrons. The van der Waals surface area contributed by atoms with Gasteiger partial charge in [-0.3, -0.25) is 0 Å². The zero-order valence-corrected chi connectivity index (χ0v) is 11.7. The molecule has 1 atom stereocenters. The summed E-state index contributed by atoms with van der Waals surface area (Å²) in [5.74, 6) is 0.958. The maximum Gasteiger partial charge on any atom is 0.122 e. The van der Waals surface area contributed by atoms with Gasteiger partial charge in [0.2, 0.25) is 0 Å². The Hall–Kier alpha value is -1.22. The Labute approximate surface area is 122 Å². The summed E-state index contributed by atoms with van der Waals surface area (Å²) in [6.07, 6.45) is 0.937. The van der Waals surface area contributed by atoms with Crippen molar-refractivity contribution in [1.82, 2.24) is 0 Å². The predicted octanol–water partition coefficient (Wildman–Crippen LogP) is 3.98. The largest absolute Gasteiger partial charge is 0.493 e. The van der Waals surface area contributed by atoms with Crippen molar-refractivity contribution in [2.24, 2.45) is 5.73 Å². The first kappa shape index (κ1) is 12.8. The molecule has 1 aliphatic rings. The lowest BCUT2D eigenvalue weighted by atomic mass is 9.97. The molecule has 0 aliphatic carbocycles. The van der Waals surface area contributed by atoms with Crippen LogP contribution in [0.2, 0.25) is 10.0 Å². The average Bonchev–Trinajstić information content (AvgIpc) is 2.83. The predicted molar refractivity (Wildman–Crippen MR) is 78.1 cm³/mol. The number of halogens is 2. The van der Waals surface area contributed by atoms with Crippen LogP contribution in [-0.2, 0) is 6.42 Å². The van der Waals surface area contributed by atoms with Crippen LogP contribution in [-0.4, -0.2) is 6.61 Å². The number of ether oxygens (including phenoxy) is 1. The van der Waals surface area contributed by atoms with Gasteiger partial charge in [0, 0.05) is 16.5 Å². The van der Waals surface area contributed by atoms with Crippen LogP contribution in [0.5, 0.6) is 5.75 Å². The summed E-state index contributed by atoms with van der Waals surface area (Å²) in [6, 6.07) is 11.2. The van der Waals surface area contributed by atoms with Gasteiger partial charge in [-0.1, -0.05) is 35.3 Å². The lowest BCUT2D eigenvalue weighted by molar-refractivity contribution is 0.357. The summed E-state index contributed by atoms with van der Waals surface area (Å²) in [6.45, 7) is 0.747. The lowest BCUT2D eigenvalue weighted by Gasteiger charge is -2.14. The van der Waals surface area contributed by atoms with Gasteiger partial charge in [0.25, 0.3) is 0 Å². The quantitative estimate of drug-likeness (QED) is 0.909. The van der Waals surface area contributed by atoms with Crippen LogP contribution in [0.15, 0.2) is 36.4 Å². The maximum atomic E-state index is 6.29. The van der Waals surface area contributed by atoms with Crippen LogP contribution in [0.1, 0.15) is 22.7 Å². The molecular formula is C15H13Cl2NO. The molecule has 1 unspecified atom stereocenters. The minimum absolute atomic E-state index is 0.234. The lowest BCUT2D eigenvalue weighted by Crippen LogP contribution is -2.12. The second-order valence-electron chi connectivity index (χ2n) is 4.65. The molecule has 1 aliphatic heterocycles. The third-order valence-corrected chi connectivity index (χ3v) is 3.75. The molecule has 3 rings (SSSR count). The summed E-state index contributed by atoms with van der Waals surface area (Å²) < 4.78 is 5.49. The number of hydrogen-bond acceptors (Lipinski definition) is 2. The molecule has 0 saturated carbocycles. The molecule has 2 aromatic rings. The van der Waals surface area contributed by atoms with Crippen LogP contribution >= 0.6 is 23.2 Å². The second kappa shape index (κ2) is 5.04. The first-order chi connectivity index (χ1) is 9.13. The Kier molecular flexibility index (Phi) is 3.40. The number of nitrogens with two attached hydrogens (primary N) is 1. The highest BCUT2D eigenvalue weighted by Crippen LogP contribution is 2.31. The summed E-state index contributed by atoms with van der Waals surface area (Å²) in [4.78, 5) is 0. The van der Waals surface area contributed by atoms with Gasteiger partial charge in [0.15, 0.2) is 0 Å². The smallest absolute Gasteiger partial charge is 0.122 e. The fourth-order valence-electron chi connectivity index (χ4n) is 2.35. The molecule has 2 aromatic carbocycles. The minimum atomic E-state index is -0.234. The zero-order chi connectivity index (χ0) is 13.4. The van der Waals surface area contributed by atoms with Crippen molar-refractivity contribution in [3.63, 3.8) is 0 Å². The highest BCUT2D eigenvalue weighted by molar-refractivity contribution is 6.34. The number of hydrogen-bond donors (Lipinski definition) is 1. The van der Waals surface area contributed by atoms with Crippen LogP contribution in [0.3, 0.4) is 0 Å². The van der Waals surface area contributed by atoms with Gasteiger partial charge in [-0.2, -0.15) is 0 Å². The highest BCUT2D eigenvalue weighted by Gasteiger charge is 2.16. The van der Waals surface area contributed by atoms with Gasteiger partial charge in [0.05, 0.1) is 12.6 Å². The standard InChI is InChI=1S/C15H13Cl2NO/c16-12-6-11(7-13(17)8-12)15(18)10-1-2-14-9(5-10)3-4-19-14/h1-2,5-8,15H,3-4,18H2. The molecule has 2 N–H and O–H groups in total. The molecule has 0 bridgehead atoms. The van der Waals surface area contributed by atoms with Crippen molar-refractivity contribution >= 4 is 23.2 Å². The van der Waals surface area contributed by atoms with Crippen LogP contribution in [0, 0.1) is 0 Å². The topological polar surface area (TPSA) is 35.2 Å². The van der Waals surface area contributed by atoms with Gasteiger partial charge >= 0.3 is 0 Å². The van der Waals surface area contributed by atoms with E-state index in [2.05, 4.69) is 6.07 Å². The Morgan fingerprint density at radius 2 is 1.74 bits per heavy atom. The normalized spacial score (nSPS) is 14.9. The fourth-order valence-corrected chi connectivity index (χ4v) is 2.89. The zero-order valence-electron chi connectivity index (χ0n) is 10.2.